The minimum Gasteiger partial charge on any atom is -0.340 e. The van der Waals surface area contributed by atoms with Crippen LogP contribution < -0.4 is 5.32 Å². The molecule has 19 heavy (non-hydrogen) atoms. The van der Waals surface area contributed by atoms with Gasteiger partial charge in [0, 0.05) is 31.9 Å². The lowest BCUT2D eigenvalue weighted by Crippen LogP contribution is -2.47. The first-order valence-electron chi connectivity index (χ1n) is 7.04. The number of amides is 3. The van der Waals surface area contributed by atoms with Gasteiger partial charge in [-0.05, 0) is 18.6 Å². The van der Waals surface area contributed by atoms with Crippen LogP contribution in [0, 0.1) is 0 Å². The van der Waals surface area contributed by atoms with E-state index in [0.29, 0.717) is 11.8 Å². The minimum absolute atomic E-state index is 0.101. The van der Waals surface area contributed by atoms with Crippen LogP contribution in [0.15, 0.2) is 0 Å². The zero-order chi connectivity index (χ0) is 13.8. The van der Waals surface area contributed by atoms with Gasteiger partial charge in [-0.1, -0.05) is 13.3 Å². The van der Waals surface area contributed by atoms with Gasteiger partial charge >= 0.3 is 6.03 Å². The zero-order valence-corrected chi connectivity index (χ0v) is 12.5. The van der Waals surface area contributed by atoms with Crippen LogP contribution in [0.1, 0.15) is 26.2 Å². The SMILES string of the molecule is CCSC1CCCCN(C(=O)C2CNC(=O)N2C)C1. The van der Waals surface area contributed by atoms with Crippen LogP contribution in [0.25, 0.3) is 0 Å². The lowest BCUT2D eigenvalue weighted by molar-refractivity contribution is -0.134. The van der Waals surface area contributed by atoms with Crippen molar-refractivity contribution in [2.45, 2.75) is 37.5 Å². The molecule has 2 fully saturated rings. The van der Waals surface area contributed by atoms with Crippen LogP contribution in [0.3, 0.4) is 0 Å². The Balaban J connectivity index is 1.99. The van der Waals surface area contributed by atoms with Gasteiger partial charge in [-0.25, -0.2) is 4.79 Å². The third kappa shape index (κ3) is 3.35. The number of nitrogens with one attached hydrogen (secondary N) is 1. The molecule has 2 atom stereocenters. The molecule has 0 saturated carbocycles. The first-order valence-corrected chi connectivity index (χ1v) is 8.09. The van der Waals surface area contributed by atoms with Crippen LogP contribution >= 0.6 is 11.8 Å². The maximum atomic E-state index is 12.5. The quantitative estimate of drug-likeness (QED) is 0.846. The largest absolute Gasteiger partial charge is 0.340 e. The van der Waals surface area contributed by atoms with Gasteiger partial charge in [-0.3, -0.25) is 4.79 Å². The Morgan fingerprint density at radius 2 is 2.26 bits per heavy atom. The highest BCUT2D eigenvalue weighted by Crippen LogP contribution is 2.23. The molecular formula is C13H23N3O2S. The summed E-state index contributed by atoms with van der Waals surface area (Å²) in [6, 6.07) is -0.467. The topological polar surface area (TPSA) is 52.7 Å². The molecule has 0 aromatic carbocycles. The molecule has 6 heteroatoms. The summed E-state index contributed by atoms with van der Waals surface area (Å²) in [7, 11) is 1.70. The Kier molecular flexibility index (Phi) is 4.96. The van der Waals surface area contributed by atoms with Crippen molar-refractivity contribution in [3.63, 3.8) is 0 Å². The second-order valence-electron chi connectivity index (χ2n) is 5.17. The average Bonchev–Trinajstić information content (AvgIpc) is 2.62. The Bertz CT molecular complexity index is 351. The van der Waals surface area contributed by atoms with E-state index in [-0.39, 0.29) is 18.0 Å². The van der Waals surface area contributed by atoms with Crippen LogP contribution in [-0.4, -0.2) is 65.5 Å². The number of thioether (sulfide) groups is 1. The second-order valence-corrected chi connectivity index (χ2v) is 6.75. The lowest BCUT2D eigenvalue weighted by atomic mass is 10.2. The van der Waals surface area contributed by atoms with Crippen molar-refractivity contribution in [3.05, 3.63) is 0 Å². The average molecular weight is 285 g/mol. The summed E-state index contributed by atoms with van der Waals surface area (Å²) in [5.41, 5.74) is 0. The lowest BCUT2D eigenvalue weighted by Gasteiger charge is -2.28. The maximum absolute atomic E-state index is 12.5. The van der Waals surface area contributed by atoms with Gasteiger partial charge in [-0.2, -0.15) is 11.8 Å². The molecule has 3 amide bonds. The Labute approximate surface area is 119 Å². The second kappa shape index (κ2) is 6.50. The van der Waals surface area contributed by atoms with Crippen molar-refractivity contribution in [2.75, 3.05) is 32.4 Å². The summed E-state index contributed by atoms with van der Waals surface area (Å²) >= 11 is 1.94. The van der Waals surface area contributed by atoms with E-state index < -0.39 is 0 Å². The number of likely N-dealkylation sites (tertiary alicyclic amines) is 1. The molecule has 2 rings (SSSR count). The summed E-state index contributed by atoms with van der Waals surface area (Å²) in [6.45, 7) is 4.26. The standard InChI is InChI=1S/C13H23N3O2S/c1-3-19-10-6-4-5-7-16(9-10)12(17)11-8-14-13(18)15(11)2/h10-11H,3-9H2,1-2H3,(H,14,18). The summed E-state index contributed by atoms with van der Waals surface area (Å²) in [4.78, 5) is 27.5. The molecular weight excluding hydrogens is 262 g/mol. The van der Waals surface area contributed by atoms with E-state index in [1.165, 1.54) is 17.7 Å². The van der Waals surface area contributed by atoms with Crippen LogP contribution in [0.4, 0.5) is 4.79 Å². The number of urea groups is 1. The third-order valence-electron chi connectivity index (χ3n) is 3.86. The van der Waals surface area contributed by atoms with E-state index in [2.05, 4.69) is 12.2 Å². The van der Waals surface area contributed by atoms with E-state index in [1.54, 1.807) is 7.05 Å². The summed E-state index contributed by atoms with van der Waals surface area (Å²) in [5, 5.41) is 3.27. The summed E-state index contributed by atoms with van der Waals surface area (Å²) in [5.74, 6) is 1.19. The van der Waals surface area contributed by atoms with E-state index in [0.717, 1.165) is 25.3 Å². The predicted molar refractivity (Wildman–Crippen MR) is 77.3 cm³/mol. The number of likely N-dealkylation sites (N-methyl/N-ethyl adjacent to an activating group) is 1. The Hall–Kier alpha value is -0.910. The number of hydrogen-bond donors (Lipinski definition) is 1. The van der Waals surface area contributed by atoms with E-state index >= 15 is 0 Å². The molecule has 0 aromatic rings. The number of hydrogen-bond acceptors (Lipinski definition) is 3. The highest BCUT2D eigenvalue weighted by molar-refractivity contribution is 7.99. The molecule has 2 unspecified atom stereocenters. The monoisotopic (exact) mass is 285 g/mol. The van der Waals surface area contributed by atoms with Gasteiger partial charge in [0.05, 0.1) is 0 Å². The van der Waals surface area contributed by atoms with Crippen molar-refractivity contribution in [3.8, 4) is 0 Å². The molecule has 1 N–H and O–H groups in total. The minimum atomic E-state index is -0.321. The van der Waals surface area contributed by atoms with Crippen molar-refractivity contribution < 1.29 is 9.59 Å². The molecule has 2 aliphatic heterocycles. The highest BCUT2D eigenvalue weighted by Gasteiger charge is 2.36. The fourth-order valence-corrected chi connectivity index (χ4v) is 3.82. The fourth-order valence-electron chi connectivity index (χ4n) is 2.73. The van der Waals surface area contributed by atoms with E-state index in [9.17, 15) is 9.59 Å². The molecule has 5 nitrogen and oxygen atoms in total. The molecule has 0 bridgehead atoms. The van der Waals surface area contributed by atoms with Gasteiger partial charge in [0.15, 0.2) is 0 Å². The number of rotatable bonds is 3. The number of carbonyl (C=O) groups is 2. The molecule has 0 radical (unpaired) electrons. The third-order valence-corrected chi connectivity index (χ3v) is 5.05. The smallest absolute Gasteiger partial charge is 0.317 e. The summed E-state index contributed by atoms with van der Waals surface area (Å²) < 4.78 is 0. The number of nitrogens with zero attached hydrogens (tertiary/aromatic N) is 2. The van der Waals surface area contributed by atoms with E-state index in [4.69, 9.17) is 0 Å². The Morgan fingerprint density at radius 1 is 1.47 bits per heavy atom. The van der Waals surface area contributed by atoms with Crippen LogP contribution in [0.2, 0.25) is 0 Å². The molecule has 108 valence electrons. The molecule has 2 aliphatic rings. The molecule has 2 heterocycles. The number of carbonyl (C=O) groups excluding carboxylic acids is 2. The molecule has 0 aromatic heterocycles. The van der Waals surface area contributed by atoms with Crippen LogP contribution in [0.5, 0.6) is 0 Å². The first-order chi connectivity index (χ1) is 9.13. The van der Waals surface area contributed by atoms with Gasteiger partial charge in [-0.15, -0.1) is 0 Å². The van der Waals surface area contributed by atoms with E-state index in [1.807, 2.05) is 16.7 Å². The maximum Gasteiger partial charge on any atom is 0.317 e. The Morgan fingerprint density at radius 3 is 2.89 bits per heavy atom. The van der Waals surface area contributed by atoms with Crippen molar-refractivity contribution >= 4 is 23.7 Å². The van der Waals surface area contributed by atoms with Gasteiger partial charge in [0.2, 0.25) is 5.91 Å². The molecule has 0 spiro atoms. The fraction of sp³-hybridized carbons (Fsp3) is 0.846. The first kappa shape index (κ1) is 14.5. The normalized spacial score (nSPS) is 28.2. The zero-order valence-electron chi connectivity index (χ0n) is 11.7. The van der Waals surface area contributed by atoms with Crippen molar-refractivity contribution in [2.24, 2.45) is 0 Å². The van der Waals surface area contributed by atoms with Gasteiger partial charge in [0.25, 0.3) is 0 Å². The molecule has 0 aliphatic carbocycles. The van der Waals surface area contributed by atoms with Crippen molar-refractivity contribution in [1.29, 1.82) is 0 Å². The summed E-state index contributed by atoms with van der Waals surface area (Å²) in [6.07, 6.45) is 3.46. The van der Waals surface area contributed by atoms with Gasteiger partial charge < -0.3 is 15.1 Å². The predicted octanol–water partition coefficient (Wildman–Crippen LogP) is 1.14. The van der Waals surface area contributed by atoms with Crippen LogP contribution in [-0.2, 0) is 4.79 Å². The van der Waals surface area contributed by atoms with Gasteiger partial charge in [0.1, 0.15) is 6.04 Å². The van der Waals surface area contributed by atoms with Crippen molar-refractivity contribution in [1.82, 2.24) is 15.1 Å². The highest BCUT2D eigenvalue weighted by atomic mass is 32.2. The molecule has 2 saturated heterocycles.